The maximum atomic E-state index is 10.1. The van der Waals surface area contributed by atoms with Gasteiger partial charge < -0.3 is 5.11 Å². The fourth-order valence-electron chi connectivity index (χ4n) is 1.79. The lowest BCUT2D eigenvalue weighted by molar-refractivity contribution is 0.477. The molecule has 1 N–H and O–H groups in total. The standard InChI is InChI=1S/C13H5Cl4NOS/c14-5-1-2-8-9(3-5)20-13(18-8)10-11(17)6(15)4-7(16)12(10)19/h1-4,19H. The molecule has 2 aromatic carbocycles. The van der Waals surface area contributed by atoms with E-state index in [1.165, 1.54) is 17.4 Å². The smallest absolute Gasteiger partial charge is 0.146 e. The second-order valence-electron chi connectivity index (χ2n) is 4.01. The van der Waals surface area contributed by atoms with E-state index < -0.39 is 0 Å². The van der Waals surface area contributed by atoms with Crippen molar-refractivity contribution in [2.75, 3.05) is 0 Å². The number of hydrogen-bond acceptors (Lipinski definition) is 3. The number of thiazole rings is 1. The van der Waals surface area contributed by atoms with Crippen LogP contribution < -0.4 is 0 Å². The Hall–Kier alpha value is -0.710. The molecule has 0 bridgehead atoms. The minimum absolute atomic E-state index is 0.131. The second kappa shape index (κ2) is 5.24. The number of halogens is 4. The van der Waals surface area contributed by atoms with Gasteiger partial charge in [0.2, 0.25) is 0 Å². The van der Waals surface area contributed by atoms with Gasteiger partial charge in [0.15, 0.2) is 0 Å². The molecule has 0 saturated carbocycles. The molecule has 2 nitrogen and oxygen atoms in total. The molecule has 0 saturated heterocycles. The number of nitrogens with zero attached hydrogens (tertiary/aromatic N) is 1. The normalized spacial score (nSPS) is 11.2. The SMILES string of the molecule is Oc1c(Cl)cc(Cl)c(Cl)c1-c1nc2ccc(Cl)cc2s1. The minimum Gasteiger partial charge on any atom is -0.506 e. The first-order valence-electron chi connectivity index (χ1n) is 5.40. The summed E-state index contributed by atoms with van der Waals surface area (Å²) in [5, 5.41) is 11.9. The molecule has 0 unspecified atom stereocenters. The fraction of sp³-hybridized carbons (Fsp3) is 0. The molecular formula is C13H5Cl4NOS. The molecule has 0 amide bonds. The van der Waals surface area contributed by atoms with Crippen LogP contribution in [0.25, 0.3) is 20.8 Å². The van der Waals surface area contributed by atoms with E-state index in [-0.39, 0.29) is 20.8 Å². The number of rotatable bonds is 1. The Kier molecular flexibility index (Phi) is 3.73. The lowest BCUT2D eigenvalue weighted by Crippen LogP contribution is -1.83. The molecule has 1 aromatic heterocycles. The summed E-state index contributed by atoms with van der Waals surface area (Å²) in [6, 6.07) is 6.75. The average Bonchev–Trinajstić information content (AvgIpc) is 2.79. The van der Waals surface area contributed by atoms with E-state index >= 15 is 0 Å². The van der Waals surface area contributed by atoms with Gasteiger partial charge in [0.1, 0.15) is 10.8 Å². The van der Waals surface area contributed by atoms with Gasteiger partial charge in [-0.1, -0.05) is 46.4 Å². The quantitative estimate of drug-likeness (QED) is 0.515. The zero-order chi connectivity index (χ0) is 14.4. The zero-order valence-electron chi connectivity index (χ0n) is 9.62. The predicted molar refractivity (Wildman–Crippen MR) is 86.8 cm³/mol. The predicted octanol–water partition coefficient (Wildman–Crippen LogP) is 6.28. The van der Waals surface area contributed by atoms with Gasteiger partial charge in [-0.15, -0.1) is 11.3 Å². The Morgan fingerprint density at radius 3 is 2.50 bits per heavy atom. The Morgan fingerprint density at radius 2 is 1.75 bits per heavy atom. The molecule has 0 radical (unpaired) electrons. The van der Waals surface area contributed by atoms with Gasteiger partial charge in [0.05, 0.1) is 30.8 Å². The Labute approximate surface area is 138 Å². The molecule has 0 fully saturated rings. The van der Waals surface area contributed by atoms with E-state index in [0.29, 0.717) is 15.6 Å². The molecule has 0 aliphatic rings. The van der Waals surface area contributed by atoms with Crippen molar-refractivity contribution in [2.24, 2.45) is 0 Å². The number of benzene rings is 2. The highest BCUT2D eigenvalue weighted by molar-refractivity contribution is 7.21. The van der Waals surface area contributed by atoms with Crippen LogP contribution in [-0.4, -0.2) is 10.1 Å². The van der Waals surface area contributed by atoms with Gasteiger partial charge in [-0.05, 0) is 24.3 Å². The number of hydrogen-bond donors (Lipinski definition) is 1. The maximum absolute atomic E-state index is 10.1. The van der Waals surface area contributed by atoms with E-state index in [9.17, 15) is 5.11 Å². The number of phenolic OH excluding ortho intramolecular Hbond substituents is 1. The Bertz CT molecular complexity index is 805. The molecule has 3 rings (SSSR count). The van der Waals surface area contributed by atoms with E-state index in [1.807, 2.05) is 0 Å². The van der Waals surface area contributed by atoms with E-state index in [4.69, 9.17) is 46.4 Å². The van der Waals surface area contributed by atoms with Crippen LogP contribution in [0.5, 0.6) is 5.75 Å². The first kappa shape index (κ1) is 14.2. The monoisotopic (exact) mass is 363 g/mol. The van der Waals surface area contributed by atoms with Crippen LogP contribution in [0.15, 0.2) is 24.3 Å². The summed E-state index contributed by atoms with van der Waals surface area (Å²) in [5.41, 5.74) is 1.10. The molecule has 20 heavy (non-hydrogen) atoms. The van der Waals surface area contributed by atoms with Crippen molar-refractivity contribution in [1.82, 2.24) is 4.98 Å². The second-order valence-corrected chi connectivity index (χ2v) is 6.67. The minimum atomic E-state index is -0.133. The molecule has 102 valence electrons. The Balaban J connectivity index is 2.30. The summed E-state index contributed by atoms with van der Waals surface area (Å²) in [6.45, 7) is 0. The van der Waals surface area contributed by atoms with Crippen LogP contribution in [-0.2, 0) is 0 Å². The fourth-order valence-corrected chi connectivity index (χ4v) is 3.83. The summed E-state index contributed by atoms with van der Waals surface area (Å²) in [5.74, 6) is -0.133. The van der Waals surface area contributed by atoms with E-state index in [0.717, 1.165) is 10.2 Å². The Morgan fingerprint density at radius 1 is 1.00 bits per heavy atom. The molecule has 7 heteroatoms. The van der Waals surface area contributed by atoms with Crippen LogP contribution in [0.3, 0.4) is 0 Å². The van der Waals surface area contributed by atoms with Gasteiger partial charge in [-0.2, -0.15) is 0 Å². The summed E-state index contributed by atoms with van der Waals surface area (Å²) in [6.07, 6.45) is 0. The van der Waals surface area contributed by atoms with Crippen LogP contribution in [0.1, 0.15) is 0 Å². The zero-order valence-corrected chi connectivity index (χ0v) is 13.5. The van der Waals surface area contributed by atoms with Gasteiger partial charge in [0, 0.05) is 5.02 Å². The van der Waals surface area contributed by atoms with Crippen LogP contribution >= 0.6 is 57.7 Å². The largest absolute Gasteiger partial charge is 0.506 e. The number of aromatic hydroxyl groups is 1. The van der Waals surface area contributed by atoms with Crippen molar-refractivity contribution >= 4 is 68.0 Å². The highest BCUT2D eigenvalue weighted by Crippen LogP contribution is 2.46. The number of aromatic nitrogens is 1. The van der Waals surface area contributed by atoms with Gasteiger partial charge in [-0.3, -0.25) is 0 Å². The van der Waals surface area contributed by atoms with Gasteiger partial charge in [-0.25, -0.2) is 4.98 Å². The third kappa shape index (κ3) is 2.34. The highest BCUT2D eigenvalue weighted by Gasteiger charge is 2.19. The summed E-state index contributed by atoms with van der Waals surface area (Å²) in [4.78, 5) is 4.43. The van der Waals surface area contributed by atoms with Crippen molar-refractivity contribution in [1.29, 1.82) is 0 Å². The van der Waals surface area contributed by atoms with Crippen molar-refractivity contribution in [3.8, 4) is 16.3 Å². The van der Waals surface area contributed by atoms with Crippen LogP contribution in [0.2, 0.25) is 20.1 Å². The van der Waals surface area contributed by atoms with Gasteiger partial charge in [0.25, 0.3) is 0 Å². The molecule has 0 aliphatic heterocycles. The summed E-state index contributed by atoms with van der Waals surface area (Å²) < 4.78 is 0.888. The van der Waals surface area contributed by atoms with Crippen molar-refractivity contribution in [2.45, 2.75) is 0 Å². The molecular weight excluding hydrogens is 360 g/mol. The molecule has 0 aliphatic carbocycles. The first-order chi connectivity index (χ1) is 9.47. The maximum Gasteiger partial charge on any atom is 0.146 e. The van der Waals surface area contributed by atoms with Gasteiger partial charge >= 0.3 is 0 Å². The summed E-state index contributed by atoms with van der Waals surface area (Å²) in [7, 11) is 0. The molecule has 0 spiro atoms. The number of phenols is 1. The lowest BCUT2D eigenvalue weighted by Gasteiger charge is -2.07. The van der Waals surface area contributed by atoms with Crippen molar-refractivity contribution in [3.05, 3.63) is 44.4 Å². The lowest BCUT2D eigenvalue weighted by atomic mass is 10.2. The topological polar surface area (TPSA) is 33.1 Å². The highest BCUT2D eigenvalue weighted by atomic mass is 35.5. The van der Waals surface area contributed by atoms with Crippen LogP contribution in [0.4, 0.5) is 0 Å². The van der Waals surface area contributed by atoms with Crippen molar-refractivity contribution < 1.29 is 5.11 Å². The third-order valence-corrected chi connectivity index (χ3v) is 5.06. The molecule has 3 aromatic rings. The molecule has 0 atom stereocenters. The number of fused-ring (bicyclic) bond motifs is 1. The first-order valence-corrected chi connectivity index (χ1v) is 7.73. The summed E-state index contributed by atoms with van der Waals surface area (Å²) >= 11 is 25.4. The molecule has 1 heterocycles. The van der Waals surface area contributed by atoms with E-state index in [2.05, 4.69) is 4.98 Å². The average molecular weight is 365 g/mol. The third-order valence-electron chi connectivity index (χ3n) is 2.71. The van der Waals surface area contributed by atoms with E-state index in [1.54, 1.807) is 18.2 Å². The van der Waals surface area contributed by atoms with Crippen LogP contribution in [0, 0.1) is 0 Å². The van der Waals surface area contributed by atoms with Crippen molar-refractivity contribution in [3.63, 3.8) is 0 Å².